The highest BCUT2D eigenvalue weighted by molar-refractivity contribution is 5.76. The summed E-state index contributed by atoms with van der Waals surface area (Å²) in [6, 6.07) is 4.99. The molecule has 1 aliphatic heterocycles. The van der Waals surface area contributed by atoms with Crippen molar-refractivity contribution < 1.29 is 18.0 Å². The van der Waals surface area contributed by atoms with Crippen molar-refractivity contribution >= 4 is 11.7 Å². The van der Waals surface area contributed by atoms with Crippen molar-refractivity contribution in [1.29, 1.82) is 5.26 Å². The van der Waals surface area contributed by atoms with Crippen molar-refractivity contribution in [3.05, 3.63) is 51.1 Å². The maximum absolute atomic E-state index is 13.3. The smallest absolute Gasteiger partial charge is 0.354 e. The molecule has 0 unspecified atom stereocenters. The lowest BCUT2D eigenvalue weighted by atomic mass is 10.1. The van der Waals surface area contributed by atoms with E-state index in [4.69, 9.17) is 5.26 Å². The number of aromatic nitrogens is 3. The van der Waals surface area contributed by atoms with Crippen LogP contribution < -0.4 is 10.5 Å². The first-order valence-corrected chi connectivity index (χ1v) is 11.0. The van der Waals surface area contributed by atoms with Gasteiger partial charge in [-0.25, -0.2) is 10.1 Å². The third kappa shape index (κ3) is 4.75. The number of nitrogens with zero attached hydrogens (tertiary/aromatic N) is 6. The summed E-state index contributed by atoms with van der Waals surface area (Å²) in [7, 11) is 1.57. The van der Waals surface area contributed by atoms with E-state index in [2.05, 4.69) is 19.9 Å². The molecule has 1 amide bonds. The SMILES string of the molecule is CN(C(=O)CCN1CCN(c2ccc(C#N)cn2)CC1)[C@@H]1CCc2c1n[nH]c(=O)c2C(F)(F)F. The van der Waals surface area contributed by atoms with E-state index in [-0.39, 0.29) is 30.0 Å². The van der Waals surface area contributed by atoms with Crippen LogP contribution in [0.3, 0.4) is 0 Å². The molecule has 0 spiro atoms. The third-order valence-electron chi connectivity index (χ3n) is 6.46. The van der Waals surface area contributed by atoms with Gasteiger partial charge in [-0.05, 0) is 30.5 Å². The van der Waals surface area contributed by atoms with E-state index in [1.54, 1.807) is 19.3 Å². The van der Waals surface area contributed by atoms with Gasteiger partial charge in [-0.3, -0.25) is 14.5 Å². The molecule has 1 atom stereocenters. The van der Waals surface area contributed by atoms with Gasteiger partial charge in [0, 0.05) is 52.4 Å². The van der Waals surface area contributed by atoms with Crippen LogP contribution in [0.2, 0.25) is 0 Å². The van der Waals surface area contributed by atoms with E-state index in [1.165, 1.54) is 4.90 Å². The fourth-order valence-electron chi connectivity index (χ4n) is 4.57. The molecule has 2 aliphatic rings. The molecule has 34 heavy (non-hydrogen) atoms. The average Bonchev–Trinajstić information content (AvgIpc) is 3.25. The maximum Gasteiger partial charge on any atom is 0.422 e. The fourth-order valence-corrected chi connectivity index (χ4v) is 4.57. The molecule has 1 N–H and O–H groups in total. The van der Waals surface area contributed by atoms with Gasteiger partial charge in [-0.15, -0.1) is 0 Å². The zero-order valence-electron chi connectivity index (χ0n) is 18.6. The number of hydrogen-bond donors (Lipinski definition) is 1. The molecule has 0 aromatic carbocycles. The highest BCUT2D eigenvalue weighted by atomic mass is 19.4. The van der Waals surface area contributed by atoms with Gasteiger partial charge < -0.3 is 9.80 Å². The van der Waals surface area contributed by atoms with Gasteiger partial charge in [0.15, 0.2) is 0 Å². The molecular weight excluding hydrogens is 451 g/mol. The van der Waals surface area contributed by atoms with E-state index in [9.17, 15) is 22.8 Å². The van der Waals surface area contributed by atoms with Crippen LogP contribution in [0.15, 0.2) is 23.1 Å². The van der Waals surface area contributed by atoms with E-state index in [0.717, 1.165) is 32.0 Å². The third-order valence-corrected chi connectivity index (χ3v) is 6.46. The zero-order chi connectivity index (χ0) is 24.5. The standard InChI is InChI=1S/C22H24F3N7O2/c1-30(16-4-3-15-19(22(23,24)25)21(34)29-28-20(15)16)18(33)6-7-31-8-10-32(11-9-31)17-5-2-14(12-26)13-27-17/h2,5,13,16H,3-4,6-11H2,1H3,(H,29,34)/t16-/m1/s1. The molecule has 0 bridgehead atoms. The van der Waals surface area contributed by atoms with Gasteiger partial charge in [0.2, 0.25) is 5.91 Å². The predicted octanol–water partition coefficient (Wildman–Crippen LogP) is 1.71. The highest BCUT2D eigenvalue weighted by Gasteiger charge is 2.42. The van der Waals surface area contributed by atoms with Crippen LogP contribution >= 0.6 is 0 Å². The summed E-state index contributed by atoms with van der Waals surface area (Å²) in [4.78, 5) is 34.5. The van der Waals surface area contributed by atoms with Crippen molar-refractivity contribution in [3.63, 3.8) is 0 Å². The minimum Gasteiger partial charge on any atom is -0.354 e. The molecule has 0 saturated carbocycles. The first-order chi connectivity index (χ1) is 16.2. The molecular formula is C22H24F3N7O2. The maximum atomic E-state index is 13.3. The van der Waals surface area contributed by atoms with Gasteiger partial charge in [0.05, 0.1) is 17.3 Å². The number of nitrogens with one attached hydrogen (secondary N) is 1. The summed E-state index contributed by atoms with van der Waals surface area (Å²) in [5.41, 5.74) is -1.96. The summed E-state index contributed by atoms with van der Waals surface area (Å²) in [6.45, 7) is 3.47. The molecule has 0 radical (unpaired) electrons. The molecule has 1 fully saturated rings. The lowest BCUT2D eigenvalue weighted by Gasteiger charge is -2.35. The predicted molar refractivity (Wildman–Crippen MR) is 116 cm³/mol. The lowest BCUT2D eigenvalue weighted by molar-refractivity contribution is -0.139. The monoisotopic (exact) mass is 475 g/mol. The number of amides is 1. The molecule has 1 saturated heterocycles. The highest BCUT2D eigenvalue weighted by Crippen LogP contribution is 2.39. The Morgan fingerprint density at radius 1 is 1.29 bits per heavy atom. The summed E-state index contributed by atoms with van der Waals surface area (Å²) in [5, 5.41) is 14.7. The Morgan fingerprint density at radius 2 is 2.03 bits per heavy atom. The second-order valence-corrected chi connectivity index (χ2v) is 8.44. The van der Waals surface area contributed by atoms with Crippen molar-refractivity contribution in [2.75, 3.05) is 44.7 Å². The van der Waals surface area contributed by atoms with Crippen LogP contribution in [0.4, 0.5) is 19.0 Å². The van der Waals surface area contributed by atoms with Gasteiger partial charge in [-0.2, -0.15) is 23.5 Å². The fraction of sp³-hybridized carbons (Fsp3) is 0.500. The zero-order valence-corrected chi connectivity index (χ0v) is 18.6. The second-order valence-electron chi connectivity index (χ2n) is 8.44. The number of alkyl halides is 3. The molecule has 9 nitrogen and oxygen atoms in total. The van der Waals surface area contributed by atoms with Crippen molar-refractivity contribution in [3.8, 4) is 6.07 Å². The number of carbonyl (C=O) groups excluding carboxylic acids is 1. The van der Waals surface area contributed by atoms with Crippen LogP contribution in [0, 0.1) is 11.3 Å². The van der Waals surface area contributed by atoms with Crippen molar-refractivity contribution in [2.45, 2.75) is 31.5 Å². The largest absolute Gasteiger partial charge is 0.422 e. The number of piperazine rings is 1. The van der Waals surface area contributed by atoms with Crippen molar-refractivity contribution in [2.24, 2.45) is 0 Å². The minimum absolute atomic E-state index is 0.0503. The molecule has 2 aromatic heterocycles. The molecule has 2 aromatic rings. The first kappa shape index (κ1) is 23.7. The minimum atomic E-state index is -4.77. The van der Waals surface area contributed by atoms with E-state index in [0.29, 0.717) is 18.5 Å². The molecule has 4 rings (SSSR count). The number of aromatic amines is 1. The van der Waals surface area contributed by atoms with E-state index in [1.807, 2.05) is 17.2 Å². The summed E-state index contributed by atoms with van der Waals surface area (Å²) < 4.78 is 40.0. The Kier molecular flexibility index (Phi) is 6.56. The van der Waals surface area contributed by atoms with Crippen LogP contribution in [-0.2, 0) is 17.4 Å². The molecule has 3 heterocycles. The number of nitriles is 1. The number of anilines is 1. The van der Waals surface area contributed by atoms with Crippen LogP contribution in [0.1, 0.15) is 41.3 Å². The number of halogens is 3. The van der Waals surface area contributed by atoms with Crippen LogP contribution in [0.5, 0.6) is 0 Å². The van der Waals surface area contributed by atoms with Gasteiger partial charge in [0.1, 0.15) is 17.5 Å². The number of carbonyl (C=O) groups is 1. The van der Waals surface area contributed by atoms with E-state index >= 15 is 0 Å². The van der Waals surface area contributed by atoms with E-state index < -0.39 is 23.3 Å². The van der Waals surface area contributed by atoms with Crippen molar-refractivity contribution in [1.82, 2.24) is 25.0 Å². The molecule has 12 heteroatoms. The van der Waals surface area contributed by atoms with Gasteiger partial charge in [0.25, 0.3) is 5.56 Å². The Balaban J connectivity index is 1.32. The van der Waals surface area contributed by atoms with Crippen LogP contribution in [0.25, 0.3) is 0 Å². The summed E-state index contributed by atoms with van der Waals surface area (Å²) in [6.07, 6.45) is -2.66. The van der Waals surface area contributed by atoms with Crippen LogP contribution in [-0.4, -0.2) is 70.7 Å². The normalized spacial score (nSPS) is 18.4. The van der Waals surface area contributed by atoms with Gasteiger partial charge in [-0.1, -0.05) is 0 Å². The van der Waals surface area contributed by atoms with Gasteiger partial charge >= 0.3 is 6.18 Å². The molecule has 180 valence electrons. The number of H-pyrrole nitrogens is 1. The number of hydrogen-bond acceptors (Lipinski definition) is 7. The summed E-state index contributed by atoms with van der Waals surface area (Å²) in [5.74, 6) is 0.619. The number of fused-ring (bicyclic) bond motifs is 1. The Bertz CT molecular complexity index is 1150. The quantitative estimate of drug-likeness (QED) is 0.701. The number of rotatable bonds is 5. The Morgan fingerprint density at radius 3 is 2.65 bits per heavy atom. The average molecular weight is 475 g/mol. The summed E-state index contributed by atoms with van der Waals surface area (Å²) >= 11 is 0. The topological polar surface area (TPSA) is 109 Å². The Hall–Kier alpha value is -3.46. The second kappa shape index (κ2) is 9.42. The Labute approximate surface area is 193 Å². The lowest BCUT2D eigenvalue weighted by Crippen LogP contribution is -2.47. The molecule has 1 aliphatic carbocycles. The first-order valence-electron chi connectivity index (χ1n) is 11.0. The number of pyridine rings is 1.